The van der Waals surface area contributed by atoms with Gasteiger partial charge in [0.15, 0.2) is 0 Å². The van der Waals surface area contributed by atoms with E-state index >= 15 is 0 Å². The third kappa shape index (κ3) is 5.11. The molecule has 0 N–H and O–H groups in total. The van der Waals surface area contributed by atoms with Crippen molar-refractivity contribution in [2.24, 2.45) is 5.92 Å². The molecule has 136 valence electrons. The van der Waals surface area contributed by atoms with Crippen molar-refractivity contribution in [2.45, 2.75) is 65.0 Å². The Morgan fingerprint density at radius 2 is 1.71 bits per heavy atom. The van der Waals surface area contributed by atoms with E-state index in [2.05, 4.69) is 20.4 Å². The first-order chi connectivity index (χ1) is 10.9. The van der Waals surface area contributed by atoms with Gasteiger partial charge in [-0.1, -0.05) is 26.0 Å². The molecule has 0 bridgehead atoms. The van der Waals surface area contributed by atoms with Crippen molar-refractivity contribution in [1.82, 2.24) is 4.90 Å². The van der Waals surface area contributed by atoms with Crippen LogP contribution in [-0.4, -0.2) is 43.4 Å². The quantitative estimate of drug-likeness (QED) is 0.413. The molecular formula is C18H32BNO4. The number of hydrogen-bond donors (Lipinski definition) is 0. The van der Waals surface area contributed by atoms with Gasteiger partial charge in [-0.2, -0.15) is 0 Å². The molecule has 6 heteroatoms. The van der Waals surface area contributed by atoms with Crippen molar-refractivity contribution < 1.29 is 18.8 Å². The highest BCUT2D eigenvalue weighted by atomic mass is 16.7. The molecule has 0 spiro atoms. The minimum atomic E-state index is -0.449. The molecule has 0 aromatic heterocycles. The van der Waals surface area contributed by atoms with Crippen LogP contribution in [0.2, 0.25) is 5.82 Å². The molecule has 24 heavy (non-hydrogen) atoms. The van der Waals surface area contributed by atoms with E-state index in [-0.39, 0.29) is 5.82 Å². The number of carbonyl (C=O) groups excluding carboxylic acids is 1. The van der Waals surface area contributed by atoms with Gasteiger partial charge in [-0.25, -0.2) is 4.79 Å². The van der Waals surface area contributed by atoms with Crippen LogP contribution in [0.3, 0.4) is 0 Å². The number of nitrogens with zero attached hydrogens (tertiary/aromatic N) is 1. The van der Waals surface area contributed by atoms with E-state index < -0.39 is 24.4 Å². The normalized spacial score (nSPS) is 20.5. The molecule has 1 atom stereocenters. The zero-order valence-electron chi connectivity index (χ0n) is 16.4. The summed E-state index contributed by atoms with van der Waals surface area (Å²) < 4.78 is 17.4. The molecule has 1 aliphatic rings. The standard InChI is InChI=1S/C18H32BNO4/c1-13(2)12-14(3)15(10-11-22-16(21)20(8)9)19-23-17(4,5)18(6,7)24-19/h10-11,13,15H,3,12H2,1-2,4-9H3/b11-10+. The van der Waals surface area contributed by atoms with Crippen LogP contribution in [0.5, 0.6) is 0 Å². The predicted octanol–water partition coefficient (Wildman–Crippen LogP) is 4.26. The maximum atomic E-state index is 11.6. The molecule has 1 rings (SSSR count). The van der Waals surface area contributed by atoms with Gasteiger partial charge in [-0.3, -0.25) is 0 Å². The molecule has 1 fully saturated rings. The smallest absolute Gasteiger partial charge is 0.419 e. The minimum Gasteiger partial charge on any atom is -0.419 e. The average Bonchev–Trinajstić information content (AvgIpc) is 2.61. The van der Waals surface area contributed by atoms with Crippen LogP contribution in [0.4, 0.5) is 4.79 Å². The maximum absolute atomic E-state index is 11.6. The molecule has 0 aliphatic carbocycles. The van der Waals surface area contributed by atoms with Gasteiger partial charge in [-0.05, 0) is 46.1 Å². The molecule has 1 unspecified atom stereocenters. The fourth-order valence-corrected chi connectivity index (χ4v) is 2.40. The second kappa shape index (κ2) is 7.75. The SMILES string of the molecule is C=C(CC(C)C)C(/C=C/OC(=O)N(C)C)B1OC(C)(C)C(C)(C)O1. The van der Waals surface area contributed by atoms with Crippen LogP contribution in [0.1, 0.15) is 48.0 Å². The summed E-state index contributed by atoms with van der Waals surface area (Å²) >= 11 is 0. The van der Waals surface area contributed by atoms with Gasteiger partial charge in [0, 0.05) is 19.9 Å². The molecule has 0 aromatic carbocycles. The van der Waals surface area contributed by atoms with E-state index in [1.54, 1.807) is 20.2 Å². The van der Waals surface area contributed by atoms with Gasteiger partial charge in [0.25, 0.3) is 0 Å². The zero-order chi connectivity index (χ0) is 18.7. The topological polar surface area (TPSA) is 48.0 Å². The molecular weight excluding hydrogens is 305 g/mol. The van der Waals surface area contributed by atoms with Gasteiger partial charge < -0.3 is 18.9 Å². The molecule has 5 nitrogen and oxygen atoms in total. The van der Waals surface area contributed by atoms with E-state index in [4.69, 9.17) is 14.0 Å². The Hall–Kier alpha value is -1.27. The van der Waals surface area contributed by atoms with Gasteiger partial charge in [0.05, 0.1) is 17.5 Å². The summed E-state index contributed by atoms with van der Waals surface area (Å²) in [5.41, 5.74) is 0.172. The van der Waals surface area contributed by atoms with Gasteiger partial charge in [0.2, 0.25) is 0 Å². The molecule has 1 saturated heterocycles. The van der Waals surface area contributed by atoms with Crippen molar-refractivity contribution in [2.75, 3.05) is 14.1 Å². The molecule has 1 aliphatic heterocycles. The summed E-state index contributed by atoms with van der Waals surface area (Å²) in [6.07, 6.45) is 3.63. The first-order valence-electron chi connectivity index (χ1n) is 8.45. The van der Waals surface area contributed by atoms with Crippen molar-refractivity contribution in [3.63, 3.8) is 0 Å². The van der Waals surface area contributed by atoms with Crippen LogP contribution in [-0.2, 0) is 14.0 Å². The summed E-state index contributed by atoms with van der Waals surface area (Å²) in [7, 11) is 2.83. The Balaban J connectivity index is 2.93. The Morgan fingerprint density at radius 1 is 1.21 bits per heavy atom. The van der Waals surface area contributed by atoms with Gasteiger partial charge in [-0.15, -0.1) is 0 Å². The van der Waals surface area contributed by atoms with E-state index in [0.29, 0.717) is 5.92 Å². The first-order valence-corrected chi connectivity index (χ1v) is 8.45. The van der Waals surface area contributed by atoms with Crippen LogP contribution in [0.15, 0.2) is 24.5 Å². The molecule has 0 radical (unpaired) electrons. The lowest BCUT2D eigenvalue weighted by molar-refractivity contribution is 0.00578. The lowest BCUT2D eigenvalue weighted by atomic mass is 9.66. The summed E-state index contributed by atoms with van der Waals surface area (Å²) in [5, 5.41) is 0. The van der Waals surface area contributed by atoms with Crippen molar-refractivity contribution >= 4 is 13.2 Å². The monoisotopic (exact) mass is 337 g/mol. The molecule has 1 heterocycles. The fourth-order valence-electron chi connectivity index (χ4n) is 2.40. The van der Waals surface area contributed by atoms with Gasteiger partial charge in [0.1, 0.15) is 0 Å². The lowest BCUT2D eigenvalue weighted by Gasteiger charge is -2.32. The third-order valence-electron chi connectivity index (χ3n) is 4.53. The largest absolute Gasteiger partial charge is 0.469 e. The van der Waals surface area contributed by atoms with Crippen LogP contribution in [0.25, 0.3) is 0 Å². The summed E-state index contributed by atoms with van der Waals surface area (Å²) in [5.74, 6) is 0.295. The number of rotatable bonds is 6. The van der Waals surface area contributed by atoms with E-state index in [0.717, 1.165) is 12.0 Å². The summed E-state index contributed by atoms with van der Waals surface area (Å²) in [4.78, 5) is 12.9. The Labute approximate surface area is 147 Å². The highest BCUT2D eigenvalue weighted by molar-refractivity contribution is 6.49. The number of carbonyl (C=O) groups is 1. The lowest BCUT2D eigenvalue weighted by Crippen LogP contribution is -2.41. The van der Waals surface area contributed by atoms with Gasteiger partial charge >= 0.3 is 13.2 Å². The maximum Gasteiger partial charge on any atom is 0.469 e. The number of amides is 1. The van der Waals surface area contributed by atoms with E-state index in [1.807, 2.05) is 27.7 Å². The second-order valence-corrected chi connectivity index (χ2v) is 8.01. The Bertz CT molecular complexity index is 481. The third-order valence-corrected chi connectivity index (χ3v) is 4.53. The van der Waals surface area contributed by atoms with Crippen LogP contribution < -0.4 is 0 Å². The molecule has 0 saturated carbocycles. The second-order valence-electron chi connectivity index (χ2n) is 8.01. The highest BCUT2D eigenvalue weighted by Gasteiger charge is 2.53. The van der Waals surface area contributed by atoms with Crippen LogP contribution in [0, 0.1) is 5.92 Å². The summed E-state index contributed by atoms with van der Waals surface area (Å²) in [6.45, 7) is 16.6. The fraction of sp³-hybridized carbons (Fsp3) is 0.722. The average molecular weight is 337 g/mol. The highest BCUT2D eigenvalue weighted by Crippen LogP contribution is 2.42. The minimum absolute atomic E-state index is 0.177. The number of allylic oxidation sites excluding steroid dienone is 2. The Kier molecular flexibility index (Phi) is 6.71. The zero-order valence-corrected chi connectivity index (χ0v) is 16.4. The van der Waals surface area contributed by atoms with E-state index in [1.165, 1.54) is 11.2 Å². The number of hydrogen-bond acceptors (Lipinski definition) is 4. The van der Waals surface area contributed by atoms with Crippen molar-refractivity contribution in [3.8, 4) is 0 Å². The Morgan fingerprint density at radius 3 is 2.12 bits per heavy atom. The first kappa shape index (κ1) is 20.8. The van der Waals surface area contributed by atoms with Crippen molar-refractivity contribution in [3.05, 3.63) is 24.5 Å². The molecule has 0 aromatic rings. The van der Waals surface area contributed by atoms with Crippen molar-refractivity contribution in [1.29, 1.82) is 0 Å². The van der Waals surface area contributed by atoms with Crippen LogP contribution >= 0.6 is 0 Å². The predicted molar refractivity (Wildman–Crippen MR) is 97.7 cm³/mol. The van der Waals surface area contributed by atoms with E-state index in [9.17, 15) is 4.79 Å². The summed E-state index contributed by atoms with van der Waals surface area (Å²) in [6, 6.07) is 0. The number of ether oxygens (including phenoxy) is 1. The molecule has 1 amide bonds.